The Labute approximate surface area is 543 Å². The fourth-order valence-electron chi connectivity index (χ4n) is 10.7. The molecule has 5 rings (SSSR count). The van der Waals surface area contributed by atoms with Crippen LogP contribution in [-0.2, 0) is 70.3 Å². The van der Waals surface area contributed by atoms with Crippen molar-refractivity contribution in [2.45, 2.75) is 187 Å². The van der Waals surface area contributed by atoms with Gasteiger partial charge in [-0.1, -0.05) is 89.1 Å². The number of hydrogen-bond acceptors (Lipinski definition) is 17. The van der Waals surface area contributed by atoms with Crippen LogP contribution in [0.2, 0.25) is 5.02 Å². The normalized spacial score (nSPS) is 23.5. The van der Waals surface area contributed by atoms with E-state index >= 15 is 0 Å². The summed E-state index contributed by atoms with van der Waals surface area (Å²) in [6.45, 7) is 15.6. The van der Waals surface area contributed by atoms with E-state index in [2.05, 4.69) is 26.6 Å². The van der Waals surface area contributed by atoms with Crippen molar-refractivity contribution in [1.29, 1.82) is 0 Å². The number of methoxy groups -OCH3 is 2. The second kappa shape index (κ2) is 33.2. The highest BCUT2D eigenvalue weighted by molar-refractivity contribution is 6.35. The first kappa shape index (κ1) is 74.9. The first-order valence-corrected chi connectivity index (χ1v) is 31.3. The van der Waals surface area contributed by atoms with Crippen molar-refractivity contribution in [2.24, 2.45) is 23.0 Å². The number of unbranched alkanes of at least 4 members (excludes halogenated alkanes) is 1. The van der Waals surface area contributed by atoms with Gasteiger partial charge in [0.15, 0.2) is 5.72 Å². The van der Waals surface area contributed by atoms with E-state index in [4.69, 9.17) is 45.8 Å². The third-order valence-electron chi connectivity index (χ3n) is 16.8. The van der Waals surface area contributed by atoms with Crippen molar-refractivity contribution < 1.29 is 81.5 Å². The van der Waals surface area contributed by atoms with Crippen LogP contribution in [0.4, 0.5) is 25.8 Å². The third-order valence-corrected chi connectivity index (χ3v) is 17.2. The van der Waals surface area contributed by atoms with Crippen molar-refractivity contribution in [3.05, 3.63) is 76.3 Å². The van der Waals surface area contributed by atoms with E-state index < -0.39 is 119 Å². The second-order valence-electron chi connectivity index (χ2n) is 25.5. The highest BCUT2D eigenvalue weighted by atomic mass is 35.5. The number of Topliss-reactive ketones (excluding diaryl/α,β-unsaturated/α-hetero) is 1. The molecule has 26 nitrogen and oxygen atoms in total. The molecule has 0 unspecified atom stereocenters. The molecule has 0 saturated carbocycles. The van der Waals surface area contributed by atoms with E-state index in [1.54, 1.807) is 76.2 Å². The number of nitrogens with two attached hydrogens (primary N) is 1. The van der Waals surface area contributed by atoms with Crippen LogP contribution >= 0.6 is 11.6 Å². The van der Waals surface area contributed by atoms with Crippen LogP contribution in [0.1, 0.15) is 131 Å². The van der Waals surface area contributed by atoms with Gasteiger partial charge in [-0.3, -0.25) is 34.1 Å². The molecule has 4 bridgehead atoms. The molecule has 3 heterocycles. The van der Waals surface area contributed by atoms with E-state index in [1.807, 2.05) is 33.8 Å². The zero-order valence-corrected chi connectivity index (χ0v) is 56.1. The minimum absolute atomic E-state index is 0.0942. The van der Waals surface area contributed by atoms with E-state index in [0.29, 0.717) is 48.4 Å². The molecule has 3 aliphatic heterocycles. The van der Waals surface area contributed by atoms with Crippen LogP contribution in [0.5, 0.6) is 5.75 Å². The summed E-state index contributed by atoms with van der Waals surface area (Å²) in [6, 6.07) is 5.82. The van der Waals surface area contributed by atoms with E-state index in [-0.39, 0.29) is 74.4 Å². The van der Waals surface area contributed by atoms with Crippen LogP contribution in [0, 0.1) is 17.3 Å². The van der Waals surface area contributed by atoms with Gasteiger partial charge in [-0.05, 0) is 94.2 Å². The summed E-state index contributed by atoms with van der Waals surface area (Å²) < 4.78 is 35.0. The molecular weight excluding hydrogens is 1210 g/mol. The van der Waals surface area contributed by atoms with Crippen LogP contribution < -0.4 is 42.0 Å². The minimum atomic E-state index is -1.91. The SMILES string of the molecule is COc1cc2cc(c1Cl)N(C)C(=O)C[C@H](OC(=O)[C@H](C)N(C)C(=O)CCN(C)C(=O)OCc1ccc(NC(=O)[C@H](CCCNC(N)=O)NC(=O)[C@@H](NC(=O)CCCCC(=O)C(C)(C)C)C(C)C)cc1)[C@]1(C)O[C@H]1[C@H](C)[C@@H]1C[C@@](O)(NC(=O)O1)[C@H](OC)/C=C/C=C(\C)C2. The van der Waals surface area contributed by atoms with Crippen molar-refractivity contribution in [2.75, 3.05) is 58.7 Å². The number of ketones is 1. The number of fused-ring (bicyclic) bond motifs is 5. The number of aliphatic hydroxyl groups is 1. The minimum Gasteiger partial charge on any atom is -0.495 e. The molecule has 9 amide bonds. The molecule has 2 aromatic rings. The first-order valence-electron chi connectivity index (χ1n) is 30.9. The maximum Gasteiger partial charge on any atom is 0.409 e. The Morgan fingerprint density at radius 1 is 0.957 bits per heavy atom. The summed E-state index contributed by atoms with van der Waals surface area (Å²) in [5.41, 5.74) is 4.31. The number of esters is 1. The zero-order chi connectivity index (χ0) is 68.6. The molecule has 0 spiro atoms. The number of anilines is 2. The number of urea groups is 1. The molecule has 3 aliphatic rings. The molecule has 0 radical (unpaired) electrons. The number of primary amides is 1. The number of hydrogen-bond donors (Lipinski definition) is 7. The molecular formula is C65H94ClN9O17. The van der Waals surface area contributed by atoms with Gasteiger partial charge in [0, 0.05) is 84.0 Å². The predicted molar refractivity (Wildman–Crippen MR) is 342 cm³/mol. The number of carbonyl (C=O) groups excluding carboxylic acids is 10. The van der Waals surface area contributed by atoms with Crippen LogP contribution in [0.15, 0.2) is 60.2 Å². The number of alkyl carbamates (subject to hydrolysis) is 1. The summed E-state index contributed by atoms with van der Waals surface area (Å²) >= 11 is 6.84. The summed E-state index contributed by atoms with van der Waals surface area (Å²) in [6.07, 6.45) is 0.863. The Morgan fingerprint density at radius 2 is 1.63 bits per heavy atom. The lowest BCUT2D eigenvalue weighted by molar-refractivity contribution is -0.162. The quantitative estimate of drug-likeness (QED) is 0.0246. The number of rotatable bonds is 25. The fourth-order valence-corrected chi connectivity index (χ4v) is 11.0. The van der Waals surface area contributed by atoms with Gasteiger partial charge in [0.25, 0.3) is 0 Å². The van der Waals surface area contributed by atoms with Crippen molar-refractivity contribution in [3.63, 3.8) is 0 Å². The van der Waals surface area contributed by atoms with E-state index in [0.717, 1.165) is 16.0 Å². The second-order valence-corrected chi connectivity index (χ2v) is 25.9. The van der Waals surface area contributed by atoms with Crippen LogP contribution in [0.3, 0.4) is 0 Å². The number of carbonyl (C=O) groups is 10. The van der Waals surface area contributed by atoms with Gasteiger partial charge in [0.2, 0.25) is 29.5 Å². The zero-order valence-electron chi connectivity index (χ0n) is 55.4. The molecule has 10 atom stereocenters. The number of benzene rings is 2. The number of nitrogens with zero attached hydrogens (tertiary/aromatic N) is 3. The van der Waals surface area contributed by atoms with Gasteiger partial charge in [0.1, 0.15) is 65.2 Å². The Balaban J connectivity index is 1.20. The summed E-state index contributed by atoms with van der Waals surface area (Å²) in [5.74, 6) is -4.06. The lowest BCUT2D eigenvalue weighted by Crippen LogP contribution is -2.63. The Kier molecular flexibility index (Phi) is 27.0. The van der Waals surface area contributed by atoms with Crippen molar-refractivity contribution in [3.8, 4) is 5.75 Å². The maximum atomic E-state index is 14.4. The molecule has 2 aromatic carbocycles. The molecule has 2 fully saturated rings. The van der Waals surface area contributed by atoms with Crippen molar-refractivity contribution >= 4 is 82.5 Å². The van der Waals surface area contributed by atoms with Gasteiger partial charge in [-0.15, -0.1) is 0 Å². The Morgan fingerprint density at radius 3 is 2.26 bits per heavy atom. The van der Waals surface area contributed by atoms with Gasteiger partial charge < -0.3 is 75.2 Å². The molecule has 508 valence electrons. The largest absolute Gasteiger partial charge is 0.495 e. The topological polar surface area (TPSA) is 346 Å². The number of likely N-dealkylation sites (N-methyl/N-ethyl adjacent to an activating group) is 1. The van der Waals surface area contributed by atoms with E-state index in [1.165, 1.54) is 52.1 Å². The molecule has 0 aliphatic carbocycles. The van der Waals surface area contributed by atoms with Gasteiger partial charge in [0.05, 0.1) is 25.3 Å². The van der Waals surface area contributed by atoms with Crippen LogP contribution in [0.25, 0.3) is 0 Å². The lowest BCUT2D eigenvalue weighted by Gasteiger charge is -2.42. The molecule has 92 heavy (non-hydrogen) atoms. The fraction of sp³-hybridized carbons (Fsp3) is 0.600. The monoisotopic (exact) mass is 1310 g/mol. The summed E-state index contributed by atoms with van der Waals surface area (Å²) in [4.78, 5) is 136. The third kappa shape index (κ3) is 20.9. The number of ether oxygens (including phenoxy) is 6. The standard InChI is InChI=1S/C65H94ClN9O17/c1-37(2)55(71-51(77)23-16-15-21-48(76)63(6,7)8)58(81)70-44(20-18-29-68-60(67)83)57(80)69-43-26-24-41(25-27-43)36-89-62(85)73(10)30-28-52(78)74(11)40(5)59(82)91-50-34-53(79)75(12)45-32-42(33-46(87-13)54(45)66)31-38(3)19-17-22-49(88-14)65(86)35-47(90-61(84)72-65)39(4)56-64(50,9)92-56/h17,19,22,24-27,32-33,37,39-40,44,47,49-50,55-56,86H,15-16,18,20-21,23,28-31,34-36H2,1-14H3,(H,69,80)(H,70,81)(H,71,77)(H,72,84)(H3,67,68,83)/b22-17+,38-19+/t39-,40+,44+,47+,49-,50+,55+,56+,64+,65+/m1/s1. The number of halogens is 1. The molecule has 0 aromatic heterocycles. The Hall–Kier alpha value is -7.81. The van der Waals surface area contributed by atoms with Gasteiger partial charge in [-0.25, -0.2) is 19.2 Å². The smallest absolute Gasteiger partial charge is 0.409 e. The average molecular weight is 1310 g/mol. The first-order chi connectivity index (χ1) is 43.1. The van der Waals surface area contributed by atoms with Gasteiger partial charge in [-0.2, -0.15) is 0 Å². The highest BCUT2D eigenvalue weighted by Gasteiger charge is 2.64. The predicted octanol–water partition coefficient (Wildman–Crippen LogP) is 6.36. The number of nitrogens with one attached hydrogen (secondary N) is 5. The lowest BCUT2D eigenvalue weighted by atomic mass is 9.83. The average Bonchev–Trinajstić information content (AvgIpc) is 1.57. The number of allylic oxidation sites excluding steroid dienone is 3. The molecule has 8 N–H and O–H groups in total. The Bertz CT molecular complexity index is 3060. The number of amides is 9. The summed E-state index contributed by atoms with van der Waals surface area (Å²) in [7, 11) is 7.21. The maximum absolute atomic E-state index is 14.4. The van der Waals surface area contributed by atoms with Crippen molar-refractivity contribution in [1.82, 2.24) is 31.1 Å². The van der Waals surface area contributed by atoms with Crippen LogP contribution in [-0.4, -0.2) is 177 Å². The summed E-state index contributed by atoms with van der Waals surface area (Å²) in [5, 5.41) is 25.3. The number of epoxide rings is 1. The highest BCUT2D eigenvalue weighted by Crippen LogP contribution is 2.49. The van der Waals surface area contributed by atoms with Gasteiger partial charge >= 0.3 is 24.2 Å². The van der Waals surface area contributed by atoms with E-state index in [9.17, 15) is 53.1 Å². The molecule has 2 saturated heterocycles. The molecule has 27 heteroatoms.